The van der Waals surface area contributed by atoms with Crippen LogP contribution in [0.25, 0.3) is 0 Å². The normalized spacial score (nSPS) is 17.2. The standard InChI is InChI=1S/C19H19FN4O/c1-14-3-2-4-17(11-14)24-9-10-25-19(24)18-13-23(22-21-18)12-15-5-7-16(20)8-6-15/h2-8,11,13,19H,9-10,12H2,1H3. The lowest BCUT2D eigenvalue weighted by molar-refractivity contribution is 0.110. The van der Waals surface area contributed by atoms with Gasteiger partial charge in [-0.2, -0.15) is 0 Å². The highest BCUT2D eigenvalue weighted by Gasteiger charge is 2.29. The minimum Gasteiger partial charge on any atom is -0.350 e. The SMILES string of the molecule is Cc1cccc(N2CCOC2c2cn(Cc3ccc(F)cc3)nn2)c1. The third-order valence-corrected chi connectivity index (χ3v) is 4.29. The maximum Gasteiger partial charge on any atom is 0.177 e. The summed E-state index contributed by atoms with van der Waals surface area (Å²) in [7, 11) is 0. The Bertz CT molecular complexity index is 862. The average Bonchev–Trinajstić information content (AvgIpc) is 3.26. The molecule has 0 bridgehead atoms. The van der Waals surface area contributed by atoms with Crippen molar-refractivity contribution in [3.05, 3.63) is 77.4 Å². The summed E-state index contributed by atoms with van der Waals surface area (Å²) >= 11 is 0. The molecular formula is C19H19FN4O. The molecule has 2 aromatic carbocycles. The summed E-state index contributed by atoms with van der Waals surface area (Å²) in [5.41, 5.74) is 4.08. The van der Waals surface area contributed by atoms with Gasteiger partial charge in [-0.3, -0.25) is 0 Å². The molecule has 0 radical (unpaired) electrons. The maximum absolute atomic E-state index is 13.0. The van der Waals surface area contributed by atoms with E-state index in [1.54, 1.807) is 16.8 Å². The molecule has 1 unspecified atom stereocenters. The molecule has 0 spiro atoms. The molecule has 0 saturated carbocycles. The zero-order valence-corrected chi connectivity index (χ0v) is 14.0. The summed E-state index contributed by atoms with van der Waals surface area (Å²) in [5.74, 6) is -0.240. The topological polar surface area (TPSA) is 43.2 Å². The molecule has 1 atom stereocenters. The molecule has 0 aliphatic carbocycles. The van der Waals surface area contributed by atoms with Crippen LogP contribution in [0, 0.1) is 12.7 Å². The Labute approximate surface area is 145 Å². The highest BCUT2D eigenvalue weighted by atomic mass is 19.1. The Morgan fingerprint density at radius 2 is 2.04 bits per heavy atom. The summed E-state index contributed by atoms with van der Waals surface area (Å²) in [6.07, 6.45) is 1.66. The van der Waals surface area contributed by atoms with Gasteiger partial charge in [-0.05, 0) is 42.3 Å². The predicted molar refractivity (Wildman–Crippen MR) is 92.7 cm³/mol. The minimum absolute atomic E-state index is 0.233. The van der Waals surface area contributed by atoms with Crippen molar-refractivity contribution in [1.82, 2.24) is 15.0 Å². The van der Waals surface area contributed by atoms with E-state index in [0.29, 0.717) is 13.2 Å². The average molecular weight is 338 g/mol. The number of aromatic nitrogens is 3. The number of rotatable bonds is 4. The fourth-order valence-corrected chi connectivity index (χ4v) is 3.07. The molecule has 5 nitrogen and oxygen atoms in total. The number of anilines is 1. The number of nitrogens with zero attached hydrogens (tertiary/aromatic N) is 4. The molecule has 128 valence electrons. The van der Waals surface area contributed by atoms with Crippen LogP contribution in [0.1, 0.15) is 23.0 Å². The van der Waals surface area contributed by atoms with E-state index in [1.165, 1.54) is 17.7 Å². The van der Waals surface area contributed by atoms with E-state index in [9.17, 15) is 4.39 Å². The molecule has 25 heavy (non-hydrogen) atoms. The number of benzene rings is 2. The van der Waals surface area contributed by atoms with Crippen molar-refractivity contribution < 1.29 is 9.13 Å². The number of halogens is 1. The molecule has 1 saturated heterocycles. The van der Waals surface area contributed by atoms with Gasteiger partial charge in [0.05, 0.1) is 19.3 Å². The zero-order chi connectivity index (χ0) is 17.2. The van der Waals surface area contributed by atoms with Crippen LogP contribution in [0.3, 0.4) is 0 Å². The fourth-order valence-electron chi connectivity index (χ4n) is 3.07. The lowest BCUT2D eigenvalue weighted by Gasteiger charge is -2.23. The van der Waals surface area contributed by atoms with E-state index >= 15 is 0 Å². The van der Waals surface area contributed by atoms with Crippen molar-refractivity contribution >= 4 is 5.69 Å². The third-order valence-electron chi connectivity index (χ3n) is 4.29. The van der Waals surface area contributed by atoms with Crippen LogP contribution in [-0.2, 0) is 11.3 Å². The summed E-state index contributed by atoms with van der Waals surface area (Å²) in [6, 6.07) is 14.8. The van der Waals surface area contributed by atoms with Gasteiger partial charge in [0.25, 0.3) is 0 Å². The van der Waals surface area contributed by atoms with Gasteiger partial charge in [-0.25, -0.2) is 9.07 Å². The molecule has 0 N–H and O–H groups in total. The highest BCUT2D eigenvalue weighted by Crippen LogP contribution is 2.31. The first kappa shape index (κ1) is 15.8. The Kier molecular flexibility index (Phi) is 4.19. The molecule has 2 heterocycles. The Balaban J connectivity index is 1.53. The van der Waals surface area contributed by atoms with E-state index < -0.39 is 0 Å². The molecule has 4 rings (SSSR count). The third kappa shape index (κ3) is 3.39. The second-order valence-electron chi connectivity index (χ2n) is 6.22. The van der Waals surface area contributed by atoms with Crippen molar-refractivity contribution in [2.75, 3.05) is 18.1 Å². The second-order valence-corrected chi connectivity index (χ2v) is 6.22. The van der Waals surface area contributed by atoms with Crippen molar-refractivity contribution in [3.63, 3.8) is 0 Å². The van der Waals surface area contributed by atoms with Crippen LogP contribution in [0.4, 0.5) is 10.1 Å². The number of ether oxygens (including phenoxy) is 1. The van der Waals surface area contributed by atoms with Crippen LogP contribution in [0.2, 0.25) is 0 Å². The Morgan fingerprint density at radius 1 is 1.20 bits per heavy atom. The fraction of sp³-hybridized carbons (Fsp3) is 0.263. The molecule has 0 amide bonds. The van der Waals surface area contributed by atoms with Gasteiger partial charge in [0, 0.05) is 12.2 Å². The van der Waals surface area contributed by atoms with Gasteiger partial charge >= 0.3 is 0 Å². The van der Waals surface area contributed by atoms with Gasteiger partial charge in [0.1, 0.15) is 11.5 Å². The van der Waals surface area contributed by atoms with Crippen molar-refractivity contribution in [3.8, 4) is 0 Å². The first-order valence-corrected chi connectivity index (χ1v) is 8.28. The van der Waals surface area contributed by atoms with Gasteiger partial charge < -0.3 is 9.64 Å². The van der Waals surface area contributed by atoms with Crippen LogP contribution in [0.15, 0.2) is 54.7 Å². The summed E-state index contributed by atoms with van der Waals surface area (Å²) in [6.45, 7) is 4.10. The monoisotopic (exact) mass is 338 g/mol. The lowest BCUT2D eigenvalue weighted by Crippen LogP contribution is -2.23. The van der Waals surface area contributed by atoms with Crippen molar-refractivity contribution in [1.29, 1.82) is 0 Å². The van der Waals surface area contributed by atoms with Crippen LogP contribution >= 0.6 is 0 Å². The van der Waals surface area contributed by atoms with Crippen molar-refractivity contribution in [2.24, 2.45) is 0 Å². The van der Waals surface area contributed by atoms with Gasteiger partial charge in [0.2, 0.25) is 0 Å². The minimum atomic E-state index is -0.240. The quantitative estimate of drug-likeness (QED) is 0.732. The predicted octanol–water partition coefficient (Wildman–Crippen LogP) is 3.31. The van der Waals surface area contributed by atoms with E-state index in [2.05, 4.69) is 40.3 Å². The molecular weight excluding hydrogens is 319 g/mol. The van der Waals surface area contributed by atoms with Crippen LogP contribution < -0.4 is 4.90 Å². The van der Waals surface area contributed by atoms with Gasteiger partial charge in [0.15, 0.2) is 6.23 Å². The summed E-state index contributed by atoms with van der Waals surface area (Å²) in [5, 5.41) is 8.47. The van der Waals surface area contributed by atoms with E-state index in [1.807, 2.05) is 12.3 Å². The number of hydrogen-bond donors (Lipinski definition) is 0. The molecule has 1 aliphatic heterocycles. The lowest BCUT2D eigenvalue weighted by atomic mass is 10.2. The number of hydrogen-bond acceptors (Lipinski definition) is 4. The second kappa shape index (κ2) is 6.64. The van der Waals surface area contributed by atoms with Crippen LogP contribution in [-0.4, -0.2) is 28.1 Å². The first-order chi connectivity index (χ1) is 12.2. The Morgan fingerprint density at radius 3 is 2.84 bits per heavy atom. The van der Waals surface area contributed by atoms with E-state index in [-0.39, 0.29) is 12.0 Å². The van der Waals surface area contributed by atoms with E-state index in [4.69, 9.17) is 4.74 Å². The van der Waals surface area contributed by atoms with Gasteiger partial charge in [-0.15, -0.1) is 5.10 Å². The molecule has 1 fully saturated rings. The maximum atomic E-state index is 13.0. The smallest absolute Gasteiger partial charge is 0.177 e. The van der Waals surface area contributed by atoms with Crippen molar-refractivity contribution in [2.45, 2.75) is 19.7 Å². The molecule has 6 heteroatoms. The largest absolute Gasteiger partial charge is 0.350 e. The zero-order valence-electron chi connectivity index (χ0n) is 14.0. The molecule has 3 aromatic rings. The van der Waals surface area contributed by atoms with E-state index in [0.717, 1.165) is 23.5 Å². The Hall–Kier alpha value is -2.73. The highest BCUT2D eigenvalue weighted by molar-refractivity contribution is 5.50. The molecule has 1 aliphatic rings. The van der Waals surface area contributed by atoms with Crippen LogP contribution in [0.5, 0.6) is 0 Å². The summed E-state index contributed by atoms with van der Waals surface area (Å²) < 4.78 is 20.6. The first-order valence-electron chi connectivity index (χ1n) is 8.28. The van der Waals surface area contributed by atoms with Gasteiger partial charge in [-0.1, -0.05) is 29.5 Å². The number of aryl methyl sites for hydroxylation is 1. The molecule has 1 aromatic heterocycles. The summed E-state index contributed by atoms with van der Waals surface area (Å²) in [4.78, 5) is 2.19.